The standard InChI is InChI=1S/C14H22N4O/c1-2-17(9-10-18-8-7-16-14(18)19)11-12-5-3-4-6-13(12)15/h3-6H,2,7-11,15H2,1H3,(H,16,19). The number of hydrogen-bond acceptors (Lipinski definition) is 3. The molecule has 5 heteroatoms. The molecule has 0 bridgehead atoms. The number of urea groups is 1. The Morgan fingerprint density at radius 1 is 1.42 bits per heavy atom. The predicted molar refractivity (Wildman–Crippen MR) is 76.8 cm³/mol. The van der Waals surface area contributed by atoms with Crippen LogP contribution in [0.3, 0.4) is 0 Å². The van der Waals surface area contributed by atoms with Gasteiger partial charge in [0.1, 0.15) is 0 Å². The molecule has 2 amide bonds. The van der Waals surface area contributed by atoms with E-state index in [1.807, 2.05) is 23.1 Å². The topological polar surface area (TPSA) is 61.6 Å². The highest BCUT2D eigenvalue weighted by atomic mass is 16.2. The number of carbonyl (C=O) groups is 1. The molecule has 0 radical (unpaired) electrons. The first-order valence-electron chi connectivity index (χ1n) is 6.79. The molecule has 1 aliphatic heterocycles. The van der Waals surface area contributed by atoms with Crippen LogP contribution in [0, 0.1) is 0 Å². The van der Waals surface area contributed by atoms with Crippen molar-refractivity contribution in [3.63, 3.8) is 0 Å². The van der Waals surface area contributed by atoms with Crippen molar-refractivity contribution >= 4 is 11.7 Å². The summed E-state index contributed by atoms with van der Waals surface area (Å²) in [4.78, 5) is 15.6. The van der Waals surface area contributed by atoms with Crippen molar-refractivity contribution in [2.45, 2.75) is 13.5 Å². The van der Waals surface area contributed by atoms with Crippen molar-refractivity contribution < 1.29 is 4.79 Å². The van der Waals surface area contributed by atoms with Crippen molar-refractivity contribution in [1.82, 2.24) is 15.1 Å². The Hall–Kier alpha value is -1.75. The molecule has 0 saturated carbocycles. The quantitative estimate of drug-likeness (QED) is 0.755. The molecule has 1 aromatic rings. The fraction of sp³-hybridized carbons (Fsp3) is 0.500. The number of amides is 2. The normalized spacial score (nSPS) is 15.1. The van der Waals surface area contributed by atoms with Gasteiger partial charge in [-0.3, -0.25) is 4.90 Å². The third kappa shape index (κ3) is 3.61. The lowest BCUT2D eigenvalue weighted by Crippen LogP contribution is -2.36. The minimum Gasteiger partial charge on any atom is -0.398 e. The second kappa shape index (κ2) is 6.43. The van der Waals surface area contributed by atoms with E-state index in [9.17, 15) is 4.79 Å². The molecule has 3 N–H and O–H groups in total. The van der Waals surface area contributed by atoms with Gasteiger partial charge in [0.15, 0.2) is 0 Å². The summed E-state index contributed by atoms with van der Waals surface area (Å²) in [5.41, 5.74) is 7.94. The van der Waals surface area contributed by atoms with Crippen LogP contribution in [-0.4, -0.2) is 48.6 Å². The number of nitrogens with one attached hydrogen (secondary N) is 1. The number of benzene rings is 1. The van der Waals surface area contributed by atoms with E-state index in [-0.39, 0.29) is 6.03 Å². The highest BCUT2D eigenvalue weighted by Crippen LogP contribution is 2.13. The largest absolute Gasteiger partial charge is 0.398 e. The van der Waals surface area contributed by atoms with Crippen LogP contribution in [0.1, 0.15) is 12.5 Å². The van der Waals surface area contributed by atoms with Crippen LogP contribution < -0.4 is 11.1 Å². The van der Waals surface area contributed by atoms with Crippen molar-refractivity contribution in [2.75, 3.05) is 38.5 Å². The number of hydrogen-bond donors (Lipinski definition) is 2. The molecule has 5 nitrogen and oxygen atoms in total. The Bertz CT molecular complexity index is 435. The van der Waals surface area contributed by atoms with Crippen LogP contribution in [0.25, 0.3) is 0 Å². The first-order chi connectivity index (χ1) is 9.20. The number of nitrogens with zero attached hydrogens (tertiary/aromatic N) is 2. The van der Waals surface area contributed by atoms with Gasteiger partial charge in [0.25, 0.3) is 0 Å². The van der Waals surface area contributed by atoms with E-state index >= 15 is 0 Å². The van der Waals surface area contributed by atoms with Gasteiger partial charge in [0.05, 0.1) is 0 Å². The number of likely N-dealkylation sites (N-methyl/N-ethyl adjacent to an activating group) is 1. The molecule has 104 valence electrons. The third-order valence-electron chi connectivity index (χ3n) is 3.53. The number of para-hydroxylation sites is 1. The van der Waals surface area contributed by atoms with Crippen molar-refractivity contribution in [3.8, 4) is 0 Å². The molecule has 0 atom stereocenters. The molecular formula is C14H22N4O. The van der Waals surface area contributed by atoms with E-state index in [1.165, 1.54) is 0 Å². The summed E-state index contributed by atoms with van der Waals surface area (Å²) in [6.07, 6.45) is 0. The first-order valence-corrected chi connectivity index (χ1v) is 6.79. The van der Waals surface area contributed by atoms with Crippen molar-refractivity contribution in [3.05, 3.63) is 29.8 Å². The summed E-state index contributed by atoms with van der Waals surface area (Å²) in [5.74, 6) is 0. The van der Waals surface area contributed by atoms with Crippen molar-refractivity contribution in [1.29, 1.82) is 0 Å². The minimum absolute atomic E-state index is 0.0512. The molecule has 1 fully saturated rings. The van der Waals surface area contributed by atoms with Crippen LogP contribution in [0.15, 0.2) is 24.3 Å². The Morgan fingerprint density at radius 3 is 2.84 bits per heavy atom. The van der Waals surface area contributed by atoms with Gasteiger partial charge in [0.2, 0.25) is 0 Å². The molecule has 19 heavy (non-hydrogen) atoms. The molecule has 1 aromatic carbocycles. The Kier molecular flexibility index (Phi) is 4.63. The smallest absolute Gasteiger partial charge is 0.317 e. The van der Waals surface area contributed by atoms with Gasteiger partial charge in [-0.25, -0.2) is 4.79 Å². The van der Waals surface area contributed by atoms with Gasteiger partial charge in [-0.1, -0.05) is 25.1 Å². The average molecular weight is 262 g/mol. The lowest BCUT2D eigenvalue weighted by Gasteiger charge is -2.24. The highest BCUT2D eigenvalue weighted by Gasteiger charge is 2.19. The summed E-state index contributed by atoms with van der Waals surface area (Å²) >= 11 is 0. The second-order valence-corrected chi connectivity index (χ2v) is 4.79. The lowest BCUT2D eigenvalue weighted by atomic mass is 10.1. The van der Waals surface area contributed by atoms with E-state index in [0.717, 1.165) is 50.5 Å². The predicted octanol–water partition coefficient (Wildman–Crippen LogP) is 1.12. The number of nitrogens with two attached hydrogens (primary N) is 1. The van der Waals surface area contributed by atoms with Crippen LogP contribution in [-0.2, 0) is 6.54 Å². The molecule has 1 heterocycles. The van der Waals surface area contributed by atoms with Crippen LogP contribution in [0.4, 0.5) is 10.5 Å². The maximum atomic E-state index is 11.5. The Labute approximate surface area is 114 Å². The van der Waals surface area contributed by atoms with Crippen LogP contribution in [0.2, 0.25) is 0 Å². The number of nitrogen functional groups attached to an aromatic ring is 1. The minimum atomic E-state index is 0.0512. The fourth-order valence-electron chi connectivity index (χ4n) is 2.25. The Morgan fingerprint density at radius 2 is 2.21 bits per heavy atom. The third-order valence-corrected chi connectivity index (χ3v) is 3.53. The number of anilines is 1. The zero-order valence-corrected chi connectivity index (χ0v) is 11.4. The lowest BCUT2D eigenvalue weighted by molar-refractivity contribution is 0.201. The zero-order chi connectivity index (χ0) is 13.7. The molecule has 1 aliphatic rings. The molecule has 0 aliphatic carbocycles. The monoisotopic (exact) mass is 262 g/mol. The highest BCUT2D eigenvalue weighted by molar-refractivity contribution is 5.76. The number of rotatable bonds is 6. The van der Waals surface area contributed by atoms with E-state index < -0.39 is 0 Å². The van der Waals surface area contributed by atoms with E-state index in [1.54, 1.807) is 0 Å². The second-order valence-electron chi connectivity index (χ2n) is 4.79. The molecule has 1 saturated heterocycles. The van der Waals surface area contributed by atoms with E-state index in [4.69, 9.17) is 5.73 Å². The average Bonchev–Trinajstić information content (AvgIpc) is 2.82. The maximum Gasteiger partial charge on any atom is 0.317 e. The van der Waals surface area contributed by atoms with E-state index in [0.29, 0.717) is 0 Å². The van der Waals surface area contributed by atoms with E-state index in [2.05, 4.69) is 23.2 Å². The molecule has 0 spiro atoms. The summed E-state index contributed by atoms with van der Waals surface area (Å²) in [7, 11) is 0. The van der Waals surface area contributed by atoms with Gasteiger partial charge in [-0.05, 0) is 18.2 Å². The Balaban J connectivity index is 1.86. The van der Waals surface area contributed by atoms with Gasteiger partial charge in [-0.15, -0.1) is 0 Å². The fourth-order valence-corrected chi connectivity index (χ4v) is 2.25. The number of carbonyl (C=O) groups excluding carboxylic acids is 1. The SMILES string of the molecule is CCN(CCN1CCNC1=O)Cc1ccccc1N. The molecule has 2 rings (SSSR count). The summed E-state index contributed by atoms with van der Waals surface area (Å²) in [5, 5.41) is 2.82. The van der Waals surface area contributed by atoms with Crippen molar-refractivity contribution in [2.24, 2.45) is 0 Å². The van der Waals surface area contributed by atoms with Gasteiger partial charge >= 0.3 is 6.03 Å². The maximum absolute atomic E-state index is 11.5. The summed E-state index contributed by atoms with van der Waals surface area (Å²) in [6, 6.07) is 7.99. The van der Waals surface area contributed by atoms with Crippen LogP contribution in [0.5, 0.6) is 0 Å². The van der Waals surface area contributed by atoms with Gasteiger partial charge in [0, 0.05) is 38.4 Å². The molecule has 0 aromatic heterocycles. The van der Waals surface area contributed by atoms with Gasteiger partial charge < -0.3 is 16.0 Å². The zero-order valence-electron chi connectivity index (χ0n) is 11.4. The molecule has 0 unspecified atom stereocenters. The first kappa shape index (κ1) is 13.7. The van der Waals surface area contributed by atoms with Gasteiger partial charge in [-0.2, -0.15) is 0 Å². The van der Waals surface area contributed by atoms with Crippen LogP contribution >= 0.6 is 0 Å². The molecular weight excluding hydrogens is 240 g/mol. The summed E-state index contributed by atoms with van der Waals surface area (Å²) < 4.78 is 0. The summed E-state index contributed by atoms with van der Waals surface area (Å²) in [6.45, 7) is 7.12.